The van der Waals surface area contributed by atoms with Gasteiger partial charge in [-0.2, -0.15) is 4.90 Å². The van der Waals surface area contributed by atoms with Crippen molar-refractivity contribution in [3.05, 3.63) is 28.2 Å². The van der Waals surface area contributed by atoms with E-state index in [4.69, 9.17) is 19.6 Å². The van der Waals surface area contributed by atoms with Gasteiger partial charge in [0.1, 0.15) is 16.8 Å². The Morgan fingerprint density at radius 1 is 0.844 bits per heavy atom. The van der Waals surface area contributed by atoms with E-state index in [-0.39, 0.29) is 11.3 Å². The summed E-state index contributed by atoms with van der Waals surface area (Å²) in [5.41, 5.74) is -2.36. The van der Waals surface area contributed by atoms with Gasteiger partial charge in [0.05, 0.1) is 5.69 Å². The molecule has 0 saturated carbocycles. The Hall–Kier alpha value is -2.62. The maximum atomic E-state index is 12.8. The lowest BCUT2D eigenvalue weighted by atomic mass is 10.1. The Kier molecular flexibility index (Phi) is 8.47. The minimum absolute atomic E-state index is 0.0794. The van der Waals surface area contributed by atoms with Gasteiger partial charge in [-0.3, -0.25) is 10.7 Å². The van der Waals surface area contributed by atoms with E-state index in [1.807, 2.05) is 0 Å². The Balaban J connectivity index is 3.41. The van der Waals surface area contributed by atoms with Crippen molar-refractivity contribution in [2.45, 2.75) is 79.1 Å². The SMILES string of the molecule is CC(C)(C)OC(=O)Nc1cc(Br)ccc1C(=N)N(C(=O)OC(C)(C)C)C(=O)OC(C)(C)C. The molecule has 0 atom stereocenters. The molecule has 178 valence electrons. The van der Waals surface area contributed by atoms with Gasteiger partial charge in [0, 0.05) is 10.0 Å². The highest BCUT2D eigenvalue weighted by Crippen LogP contribution is 2.26. The molecule has 0 aliphatic carbocycles. The molecule has 0 heterocycles. The van der Waals surface area contributed by atoms with Crippen molar-refractivity contribution in [3.8, 4) is 0 Å². The lowest BCUT2D eigenvalue weighted by Crippen LogP contribution is -2.47. The number of rotatable bonds is 2. The first-order valence-corrected chi connectivity index (χ1v) is 10.7. The summed E-state index contributed by atoms with van der Waals surface area (Å²) in [7, 11) is 0. The van der Waals surface area contributed by atoms with Crippen LogP contribution in [0.3, 0.4) is 0 Å². The maximum absolute atomic E-state index is 12.8. The standard InChI is InChI=1S/C22H32BrN3O6/c1-20(2,3)30-17(27)25-15-12-13(23)10-11-14(15)16(24)26(18(28)31-21(4,5)6)19(29)32-22(7,8)9/h10-12,24H,1-9H3,(H,25,27). The monoisotopic (exact) mass is 513 g/mol. The molecule has 2 N–H and O–H groups in total. The molecule has 0 aliphatic heterocycles. The fourth-order valence-electron chi connectivity index (χ4n) is 2.23. The Morgan fingerprint density at radius 2 is 1.28 bits per heavy atom. The van der Waals surface area contributed by atoms with E-state index in [2.05, 4.69) is 21.2 Å². The van der Waals surface area contributed by atoms with Crippen LogP contribution in [0.15, 0.2) is 22.7 Å². The van der Waals surface area contributed by atoms with E-state index in [0.717, 1.165) is 0 Å². The zero-order valence-corrected chi connectivity index (χ0v) is 21.6. The predicted molar refractivity (Wildman–Crippen MR) is 125 cm³/mol. The third-order valence-electron chi connectivity index (χ3n) is 3.25. The minimum atomic E-state index is -1.08. The van der Waals surface area contributed by atoms with E-state index in [1.54, 1.807) is 68.4 Å². The number of nitrogens with zero attached hydrogens (tertiary/aromatic N) is 1. The van der Waals surface area contributed by atoms with Gasteiger partial charge in [-0.05, 0) is 80.5 Å². The minimum Gasteiger partial charge on any atom is -0.444 e. The van der Waals surface area contributed by atoms with Crippen LogP contribution in [0, 0.1) is 5.41 Å². The van der Waals surface area contributed by atoms with Crippen LogP contribution in [0.25, 0.3) is 0 Å². The first-order valence-electron chi connectivity index (χ1n) is 9.93. The van der Waals surface area contributed by atoms with Crippen LogP contribution < -0.4 is 5.32 Å². The highest BCUT2D eigenvalue weighted by Gasteiger charge is 2.36. The second-order valence-corrected chi connectivity index (χ2v) is 10.9. The van der Waals surface area contributed by atoms with E-state index in [1.165, 1.54) is 12.1 Å². The Labute approximate surface area is 197 Å². The number of halogens is 1. The molecule has 1 aromatic carbocycles. The van der Waals surface area contributed by atoms with Crippen LogP contribution in [-0.2, 0) is 14.2 Å². The van der Waals surface area contributed by atoms with E-state index >= 15 is 0 Å². The number of anilines is 1. The molecule has 10 heteroatoms. The molecule has 0 radical (unpaired) electrons. The molecule has 0 bridgehead atoms. The lowest BCUT2D eigenvalue weighted by molar-refractivity contribution is 0.0147. The Morgan fingerprint density at radius 3 is 1.69 bits per heavy atom. The average molecular weight is 514 g/mol. The van der Waals surface area contributed by atoms with Gasteiger partial charge < -0.3 is 14.2 Å². The molecular weight excluding hydrogens is 482 g/mol. The van der Waals surface area contributed by atoms with Gasteiger partial charge >= 0.3 is 18.3 Å². The van der Waals surface area contributed by atoms with Crippen LogP contribution in [0.4, 0.5) is 20.1 Å². The van der Waals surface area contributed by atoms with Gasteiger partial charge in [0.15, 0.2) is 5.84 Å². The second kappa shape index (κ2) is 9.89. The number of carbonyl (C=O) groups excluding carboxylic acids is 3. The number of ether oxygens (including phenoxy) is 3. The van der Waals surface area contributed by atoms with Crippen molar-refractivity contribution in [1.82, 2.24) is 4.90 Å². The average Bonchev–Trinajstić information content (AvgIpc) is 2.49. The number of carbonyl (C=O) groups is 3. The maximum Gasteiger partial charge on any atom is 0.425 e. The summed E-state index contributed by atoms with van der Waals surface area (Å²) < 4.78 is 16.5. The number of amides is 3. The zero-order chi connectivity index (χ0) is 25.1. The topological polar surface area (TPSA) is 118 Å². The lowest BCUT2D eigenvalue weighted by Gasteiger charge is -2.29. The predicted octanol–water partition coefficient (Wildman–Crippen LogP) is 6.29. The van der Waals surface area contributed by atoms with Crippen LogP contribution in [-0.4, -0.2) is 45.8 Å². The molecule has 1 aromatic rings. The van der Waals surface area contributed by atoms with Gasteiger partial charge in [0.25, 0.3) is 0 Å². The van der Waals surface area contributed by atoms with Crippen LogP contribution in [0.5, 0.6) is 0 Å². The highest BCUT2D eigenvalue weighted by molar-refractivity contribution is 9.10. The van der Waals surface area contributed by atoms with Crippen LogP contribution in [0.1, 0.15) is 67.9 Å². The molecular formula is C22H32BrN3O6. The van der Waals surface area contributed by atoms with E-state index in [9.17, 15) is 14.4 Å². The molecule has 0 spiro atoms. The van der Waals surface area contributed by atoms with Crippen molar-refractivity contribution >= 4 is 45.7 Å². The molecule has 0 unspecified atom stereocenters. The molecule has 9 nitrogen and oxygen atoms in total. The molecule has 0 saturated heterocycles. The third kappa shape index (κ3) is 9.25. The summed E-state index contributed by atoms with van der Waals surface area (Å²) in [5.74, 6) is -0.535. The van der Waals surface area contributed by atoms with Crippen molar-refractivity contribution in [1.29, 1.82) is 5.41 Å². The smallest absolute Gasteiger partial charge is 0.425 e. The quantitative estimate of drug-likeness (QED) is 0.272. The number of hydrogen-bond acceptors (Lipinski definition) is 7. The zero-order valence-electron chi connectivity index (χ0n) is 20.0. The summed E-state index contributed by atoms with van der Waals surface area (Å²) in [4.78, 5) is 38.5. The van der Waals surface area contributed by atoms with Crippen molar-refractivity contribution in [2.75, 3.05) is 5.32 Å². The fourth-order valence-corrected chi connectivity index (χ4v) is 2.59. The molecule has 0 aliphatic rings. The van der Waals surface area contributed by atoms with Crippen molar-refractivity contribution in [3.63, 3.8) is 0 Å². The Bertz CT molecular complexity index is 866. The summed E-state index contributed by atoms with van der Waals surface area (Å²) in [6, 6.07) is 4.60. The number of imide groups is 1. The summed E-state index contributed by atoms with van der Waals surface area (Å²) in [6.45, 7) is 14.9. The fraction of sp³-hybridized carbons (Fsp3) is 0.545. The van der Waals surface area contributed by atoms with Crippen molar-refractivity contribution in [2.24, 2.45) is 0 Å². The molecule has 0 fully saturated rings. The first-order chi connectivity index (χ1) is 14.3. The molecule has 3 amide bonds. The van der Waals surface area contributed by atoms with E-state index in [0.29, 0.717) is 9.37 Å². The third-order valence-corrected chi connectivity index (χ3v) is 3.74. The van der Waals surface area contributed by atoms with E-state index < -0.39 is 40.9 Å². The van der Waals surface area contributed by atoms with Crippen LogP contribution in [0.2, 0.25) is 0 Å². The molecule has 1 rings (SSSR count). The number of hydrogen-bond donors (Lipinski definition) is 2. The largest absolute Gasteiger partial charge is 0.444 e. The second-order valence-electron chi connectivity index (χ2n) is 9.96. The first kappa shape index (κ1) is 27.4. The highest BCUT2D eigenvalue weighted by atomic mass is 79.9. The summed E-state index contributed by atoms with van der Waals surface area (Å²) in [6.07, 6.45) is -2.92. The van der Waals surface area contributed by atoms with Crippen molar-refractivity contribution < 1.29 is 28.6 Å². The summed E-state index contributed by atoms with van der Waals surface area (Å²) in [5, 5.41) is 11.2. The summed E-state index contributed by atoms with van der Waals surface area (Å²) >= 11 is 3.31. The number of amidine groups is 1. The number of benzene rings is 1. The van der Waals surface area contributed by atoms with Gasteiger partial charge in [-0.1, -0.05) is 15.9 Å². The van der Waals surface area contributed by atoms with Crippen LogP contribution >= 0.6 is 15.9 Å². The van der Waals surface area contributed by atoms with Gasteiger partial charge in [0.2, 0.25) is 0 Å². The molecule has 32 heavy (non-hydrogen) atoms. The number of nitrogens with one attached hydrogen (secondary N) is 2. The van der Waals surface area contributed by atoms with Gasteiger partial charge in [-0.15, -0.1) is 0 Å². The van der Waals surface area contributed by atoms with Gasteiger partial charge in [-0.25, -0.2) is 14.4 Å². The molecule has 0 aromatic heterocycles. The normalized spacial score (nSPS) is 11.9.